The number of rotatable bonds is 10. The van der Waals surface area contributed by atoms with Gasteiger partial charge in [0.15, 0.2) is 0 Å². The van der Waals surface area contributed by atoms with E-state index in [1.54, 1.807) is 7.11 Å². The molecule has 14 heavy (non-hydrogen) atoms. The zero-order valence-corrected chi connectivity index (χ0v) is 9.75. The fraction of sp³-hybridized carbons (Fsp3) is 1.00. The molecule has 0 heterocycles. The summed E-state index contributed by atoms with van der Waals surface area (Å²) in [6.45, 7) is 7.02. The van der Waals surface area contributed by atoms with Crippen LogP contribution in [-0.2, 0) is 14.2 Å². The minimum atomic E-state index is 0.408. The van der Waals surface area contributed by atoms with Crippen molar-refractivity contribution < 1.29 is 14.2 Å². The molecule has 3 heteroatoms. The lowest BCUT2D eigenvalue weighted by molar-refractivity contribution is -0.0103. The van der Waals surface area contributed by atoms with E-state index in [0.717, 1.165) is 12.8 Å². The molecule has 0 saturated carbocycles. The van der Waals surface area contributed by atoms with E-state index >= 15 is 0 Å². The molecule has 0 bridgehead atoms. The maximum absolute atomic E-state index is 5.65. The molecule has 1 unspecified atom stereocenters. The molecule has 0 rings (SSSR count). The van der Waals surface area contributed by atoms with Gasteiger partial charge in [0.25, 0.3) is 0 Å². The van der Waals surface area contributed by atoms with E-state index in [-0.39, 0.29) is 0 Å². The molecule has 0 saturated heterocycles. The first-order chi connectivity index (χ1) is 6.85. The molecule has 3 nitrogen and oxygen atoms in total. The average molecular weight is 204 g/mol. The highest BCUT2D eigenvalue weighted by atomic mass is 16.5. The van der Waals surface area contributed by atoms with Crippen LogP contribution in [0.1, 0.15) is 33.1 Å². The van der Waals surface area contributed by atoms with Gasteiger partial charge in [0.1, 0.15) is 0 Å². The Bertz CT molecular complexity index is 107. The van der Waals surface area contributed by atoms with E-state index in [9.17, 15) is 0 Å². The van der Waals surface area contributed by atoms with E-state index in [0.29, 0.717) is 32.5 Å². The molecule has 0 aliphatic heterocycles. The van der Waals surface area contributed by atoms with Crippen molar-refractivity contribution in [1.82, 2.24) is 0 Å². The Morgan fingerprint density at radius 2 is 1.71 bits per heavy atom. The van der Waals surface area contributed by atoms with Gasteiger partial charge in [0.2, 0.25) is 0 Å². The lowest BCUT2D eigenvalue weighted by atomic mass is 10.2. The molecule has 0 amide bonds. The zero-order valence-electron chi connectivity index (χ0n) is 9.75. The zero-order chi connectivity index (χ0) is 10.6. The van der Waals surface area contributed by atoms with Gasteiger partial charge >= 0.3 is 0 Å². The molecule has 0 radical (unpaired) electrons. The van der Waals surface area contributed by atoms with Crippen molar-refractivity contribution in [3.63, 3.8) is 0 Å². The van der Waals surface area contributed by atoms with Crippen LogP contribution in [0.5, 0.6) is 0 Å². The van der Waals surface area contributed by atoms with E-state index in [2.05, 4.69) is 13.8 Å². The minimum Gasteiger partial charge on any atom is -0.382 e. The van der Waals surface area contributed by atoms with E-state index in [1.807, 2.05) is 0 Å². The van der Waals surface area contributed by atoms with Gasteiger partial charge < -0.3 is 14.2 Å². The Balaban J connectivity index is 3.15. The quantitative estimate of drug-likeness (QED) is 0.511. The van der Waals surface area contributed by atoms with Gasteiger partial charge in [0, 0.05) is 7.11 Å². The Kier molecular flexibility index (Phi) is 10.9. The highest BCUT2D eigenvalue weighted by Crippen LogP contribution is 2.05. The normalized spacial score (nSPS) is 13.1. The molecule has 0 aromatic heterocycles. The monoisotopic (exact) mass is 204 g/mol. The van der Waals surface area contributed by atoms with Crippen molar-refractivity contribution in [3.05, 3.63) is 0 Å². The second-order valence-corrected chi connectivity index (χ2v) is 3.29. The molecule has 0 N–H and O–H groups in total. The molecule has 0 fully saturated rings. The van der Waals surface area contributed by atoms with Crippen LogP contribution in [0.25, 0.3) is 0 Å². The van der Waals surface area contributed by atoms with Crippen molar-refractivity contribution in [1.29, 1.82) is 0 Å². The smallest absolute Gasteiger partial charge is 0.0704 e. The minimum absolute atomic E-state index is 0.408. The van der Waals surface area contributed by atoms with Crippen molar-refractivity contribution in [2.24, 2.45) is 0 Å². The van der Waals surface area contributed by atoms with Gasteiger partial charge in [-0.1, -0.05) is 20.3 Å². The van der Waals surface area contributed by atoms with Crippen molar-refractivity contribution in [2.45, 2.75) is 39.2 Å². The maximum atomic E-state index is 5.65. The molecule has 86 valence electrons. The summed E-state index contributed by atoms with van der Waals surface area (Å²) in [7, 11) is 1.67. The molecular weight excluding hydrogens is 180 g/mol. The summed E-state index contributed by atoms with van der Waals surface area (Å²) >= 11 is 0. The van der Waals surface area contributed by atoms with Gasteiger partial charge in [0.05, 0.1) is 32.5 Å². The Hall–Kier alpha value is -0.120. The summed E-state index contributed by atoms with van der Waals surface area (Å²) in [5.41, 5.74) is 0. The molecular formula is C11H24O3. The second-order valence-electron chi connectivity index (χ2n) is 3.29. The van der Waals surface area contributed by atoms with Crippen LogP contribution in [-0.4, -0.2) is 39.6 Å². The molecule has 0 aromatic carbocycles. The molecule has 0 spiro atoms. The van der Waals surface area contributed by atoms with Crippen LogP contribution in [0.2, 0.25) is 0 Å². The van der Waals surface area contributed by atoms with Crippen LogP contribution in [0, 0.1) is 0 Å². The summed E-state index contributed by atoms with van der Waals surface area (Å²) in [5, 5.41) is 0. The van der Waals surface area contributed by atoms with Gasteiger partial charge in [-0.05, 0) is 12.8 Å². The van der Waals surface area contributed by atoms with E-state index in [4.69, 9.17) is 14.2 Å². The van der Waals surface area contributed by atoms with Gasteiger partial charge in [-0.2, -0.15) is 0 Å². The van der Waals surface area contributed by atoms with Crippen LogP contribution in [0.3, 0.4) is 0 Å². The van der Waals surface area contributed by atoms with Crippen LogP contribution in [0.15, 0.2) is 0 Å². The summed E-state index contributed by atoms with van der Waals surface area (Å²) in [5.74, 6) is 0. The van der Waals surface area contributed by atoms with Crippen LogP contribution < -0.4 is 0 Å². The standard InChI is InChI=1S/C11H24O3/c1-4-6-11(5-2)14-10-9-13-8-7-12-3/h11H,4-10H2,1-3H3. The first-order valence-electron chi connectivity index (χ1n) is 5.53. The molecule has 0 aliphatic rings. The Morgan fingerprint density at radius 1 is 1.00 bits per heavy atom. The predicted molar refractivity (Wildman–Crippen MR) is 57.6 cm³/mol. The topological polar surface area (TPSA) is 27.7 Å². The third-order valence-electron chi connectivity index (χ3n) is 2.08. The first-order valence-corrected chi connectivity index (χ1v) is 5.53. The SMILES string of the molecule is CCCC(CC)OCCOCCOC. The largest absolute Gasteiger partial charge is 0.382 e. The predicted octanol–water partition coefficient (Wildman–Crippen LogP) is 2.24. The summed E-state index contributed by atoms with van der Waals surface area (Å²) in [4.78, 5) is 0. The first kappa shape index (κ1) is 13.9. The number of hydrogen-bond donors (Lipinski definition) is 0. The number of ether oxygens (including phenoxy) is 3. The van der Waals surface area contributed by atoms with Gasteiger partial charge in [-0.3, -0.25) is 0 Å². The van der Waals surface area contributed by atoms with Crippen LogP contribution >= 0.6 is 0 Å². The van der Waals surface area contributed by atoms with Crippen molar-refractivity contribution in [2.75, 3.05) is 33.5 Å². The number of hydrogen-bond acceptors (Lipinski definition) is 3. The highest BCUT2D eigenvalue weighted by Gasteiger charge is 2.03. The van der Waals surface area contributed by atoms with Gasteiger partial charge in [-0.15, -0.1) is 0 Å². The van der Waals surface area contributed by atoms with Crippen molar-refractivity contribution in [3.8, 4) is 0 Å². The molecule has 0 aliphatic carbocycles. The van der Waals surface area contributed by atoms with E-state index in [1.165, 1.54) is 6.42 Å². The summed E-state index contributed by atoms with van der Waals surface area (Å²) < 4.78 is 15.8. The van der Waals surface area contributed by atoms with Crippen LogP contribution in [0.4, 0.5) is 0 Å². The van der Waals surface area contributed by atoms with Gasteiger partial charge in [-0.25, -0.2) is 0 Å². The van der Waals surface area contributed by atoms with E-state index < -0.39 is 0 Å². The Morgan fingerprint density at radius 3 is 2.29 bits per heavy atom. The highest BCUT2D eigenvalue weighted by molar-refractivity contribution is 4.53. The summed E-state index contributed by atoms with van der Waals surface area (Å²) in [6, 6.07) is 0. The molecule has 0 aromatic rings. The maximum Gasteiger partial charge on any atom is 0.0704 e. The number of methoxy groups -OCH3 is 1. The second kappa shape index (κ2) is 11.0. The lowest BCUT2D eigenvalue weighted by Crippen LogP contribution is -2.16. The third-order valence-corrected chi connectivity index (χ3v) is 2.08. The van der Waals surface area contributed by atoms with Crippen molar-refractivity contribution >= 4 is 0 Å². The third kappa shape index (κ3) is 8.48. The Labute approximate surface area is 87.7 Å². The lowest BCUT2D eigenvalue weighted by Gasteiger charge is -2.14. The fourth-order valence-corrected chi connectivity index (χ4v) is 1.25. The molecule has 1 atom stereocenters. The average Bonchev–Trinajstić information content (AvgIpc) is 2.21. The fourth-order valence-electron chi connectivity index (χ4n) is 1.25. The summed E-state index contributed by atoms with van der Waals surface area (Å²) in [6.07, 6.45) is 3.83.